The van der Waals surface area contributed by atoms with Gasteiger partial charge < -0.3 is 5.32 Å². The fraction of sp³-hybridized carbons (Fsp3) is 0.167. The first-order valence-electron chi connectivity index (χ1n) is 5.16. The third-order valence-corrected chi connectivity index (χ3v) is 3.68. The summed E-state index contributed by atoms with van der Waals surface area (Å²) >= 11 is 5.15. The van der Waals surface area contributed by atoms with Gasteiger partial charge in [-0.1, -0.05) is 15.9 Å². The summed E-state index contributed by atoms with van der Waals surface area (Å²) in [6.07, 6.45) is 1.77. The summed E-state index contributed by atoms with van der Waals surface area (Å²) in [5, 5.41) is 3.01. The SMILES string of the molecule is CNc1ccnc(CSc2ccc(Br)cc2)n1. The molecule has 1 aromatic heterocycles. The van der Waals surface area contributed by atoms with Crippen LogP contribution in [0.5, 0.6) is 0 Å². The van der Waals surface area contributed by atoms with Crippen molar-refractivity contribution in [2.24, 2.45) is 0 Å². The molecule has 0 bridgehead atoms. The van der Waals surface area contributed by atoms with Gasteiger partial charge in [0, 0.05) is 22.6 Å². The maximum atomic E-state index is 4.37. The van der Waals surface area contributed by atoms with Gasteiger partial charge in [-0.2, -0.15) is 0 Å². The van der Waals surface area contributed by atoms with Crippen LogP contribution < -0.4 is 5.32 Å². The summed E-state index contributed by atoms with van der Waals surface area (Å²) in [6, 6.07) is 10.1. The highest BCUT2D eigenvalue weighted by molar-refractivity contribution is 9.10. The van der Waals surface area contributed by atoms with Crippen LogP contribution in [-0.4, -0.2) is 17.0 Å². The van der Waals surface area contributed by atoms with Crippen molar-refractivity contribution in [3.8, 4) is 0 Å². The quantitative estimate of drug-likeness (QED) is 0.876. The number of hydrogen-bond acceptors (Lipinski definition) is 4. The van der Waals surface area contributed by atoms with E-state index >= 15 is 0 Å². The molecule has 0 radical (unpaired) electrons. The van der Waals surface area contributed by atoms with Gasteiger partial charge in [-0.15, -0.1) is 11.8 Å². The minimum atomic E-state index is 0.775. The van der Waals surface area contributed by atoms with Crippen molar-refractivity contribution < 1.29 is 0 Å². The Morgan fingerprint density at radius 3 is 2.71 bits per heavy atom. The molecular weight excluding hydrogens is 298 g/mol. The van der Waals surface area contributed by atoms with Crippen molar-refractivity contribution in [3.63, 3.8) is 0 Å². The van der Waals surface area contributed by atoms with E-state index in [9.17, 15) is 0 Å². The van der Waals surface area contributed by atoms with Crippen LogP contribution in [0.3, 0.4) is 0 Å². The minimum Gasteiger partial charge on any atom is -0.373 e. The standard InChI is InChI=1S/C12H12BrN3S/c1-14-11-6-7-15-12(16-11)8-17-10-4-2-9(13)3-5-10/h2-7H,8H2,1H3,(H,14,15,16). The fourth-order valence-corrected chi connectivity index (χ4v) is 2.31. The van der Waals surface area contributed by atoms with E-state index in [0.717, 1.165) is 21.9 Å². The molecule has 0 atom stereocenters. The molecule has 0 saturated heterocycles. The number of aromatic nitrogens is 2. The maximum Gasteiger partial charge on any atom is 0.140 e. The lowest BCUT2D eigenvalue weighted by Gasteiger charge is -2.03. The zero-order chi connectivity index (χ0) is 12.1. The number of halogens is 1. The highest BCUT2D eigenvalue weighted by atomic mass is 79.9. The molecule has 17 heavy (non-hydrogen) atoms. The lowest BCUT2D eigenvalue weighted by molar-refractivity contribution is 1.03. The smallest absolute Gasteiger partial charge is 0.140 e. The van der Waals surface area contributed by atoms with Gasteiger partial charge in [-0.3, -0.25) is 0 Å². The van der Waals surface area contributed by atoms with Gasteiger partial charge >= 0.3 is 0 Å². The highest BCUT2D eigenvalue weighted by Crippen LogP contribution is 2.23. The average molecular weight is 310 g/mol. The van der Waals surface area contributed by atoms with Crippen molar-refractivity contribution in [2.45, 2.75) is 10.6 Å². The van der Waals surface area contributed by atoms with E-state index in [2.05, 4.69) is 43.3 Å². The molecule has 2 aromatic rings. The van der Waals surface area contributed by atoms with Gasteiger partial charge in [0.1, 0.15) is 11.6 Å². The Labute approximate surface area is 113 Å². The fourth-order valence-electron chi connectivity index (χ4n) is 1.29. The Kier molecular flexibility index (Phi) is 4.39. The second kappa shape index (κ2) is 6.02. The number of rotatable bonds is 4. The maximum absolute atomic E-state index is 4.37. The molecule has 0 amide bonds. The Hall–Kier alpha value is -1.07. The van der Waals surface area contributed by atoms with Crippen LogP contribution in [0.1, 0.15) is 5.82 Å². The molecule has 0 aliphatic heterocycles. The zero-order valence-electron chi connectivity index (χ0n) is 9.35. The number of hydrogen-bond donors (Lipinski definition) is 1. The molecule has 0 spiro atoms. The summed E-state index contributed by atoms with van der Waals surface area (Å²) in [4.78, 5) is 9.82. The molecule has 1 heterocycles. The Bertz CT molecular complexity index is 487. The first-order valence-corrected chi connectivity index (χ1v) is 6.94. The average Bonchev–Trinajstić information content (AvgIpc) is 2.38. The number of nitrogens with one attached hydrogen (secondary N) is 1. The van der Waals surface area contributed by atoms with E-state index in [1.165, 1.54) is 4.90 Å². The molecule has 2 rings (SSSR count). The third-order valence-electron chi connectivity index (χ3n) is 2.14. The number of anilines is 1. The molecule has 88 valence electrons. The van der Waals surface area contributed by atoms with E-state index in [1.807, 2.05) is 25.2 Å². The van der Waals surface area contributed by atoms with Crippen LogP contribution in [0.4, 0.5) is 5.82 Å². The summed E-state index contributed by atoms with van der Waals surface area (Å²) in [6.45, 7) is 0. The van der Waals surface area contributed by atoms with E-state index < -0.39 is 0 Å². The van der Waals surface area contributed by atoms with Crippen molar-refractivity contribution >= 4 is 33.5 Å². The number of benzene rings is 1. The summed E-state index contributed by atoms with van der Waals surface area (Å²) < 4.78 is 1.09. The van der Waals surface area contributed by atoms with Crippen LogP contribution >= 0.6 is 27.7 Å². The van der Waals surface area contributed by atoms with Crippen LogP contribution in [0, 0.1) is 0 Å². The van der Waals surface area contributed by atoms with E-state index in [1.54, 1.807) is 18.0 Å². The Balaban J connectivity index is 1.99. The molecule has 1 aromatic carbocycles. The molecule has 3 nitrogen and oxygen atoms in total. The second-order valence-corrected chi connectivity index (χ2v) is 5.32. The molecule has 0 aliphatic rings. The molecule has 0 unspecified atom stereocenters. The summed E-state index contributed by atoms with van der Waals surface area (Å²) in [5.41, 5.74) is 0. The van der Waals surface area contributed by atoms with Crippen LogP contribution in [0.15, 0.2) is 45.9 Å². The molecule has 5 heteroatoms. The Morgan fingerprint density at radius 1 is 1.24 bits per heavy atom. The minimum absolute atomic E-state index is 0.775. The van der Waals surface area contributed by atoms with Crippen molar-refractivity contribution in [2.75, 3.05) is 12.4 Å². The summed E-state index contributed by atoms with van der Waals surface area (Å²) in [5.74, 6) is 2.47. The predicted octanol–water partition coefficient (Wildman–Crippen LogP) is 3.57. The van der Waals surface area contributed by atoms with Gasteiger partial charge in [-0.05, 0) is 30.3 Å². The van der Waals surface area contributed by atoms with Gasteiger partial charge in [-0.25, -0.2) is 9.97 Å². The molecular formula is C12H12BrN3S. The van der Waals surface area contributed by atoms with E-state index in [4.69, 9.17) is 0 Å². The monoisotopic (exact) mass is 309 g/mol. The highest BCUT2D eigenvalue weighted by Gasteiger charge is 2.00. The van der Waals surface area contributed by atoms with Crippen molar-refractivity contribution in [1.29, 1.82) is 0 Å². The summed E-state index contributed by atoms with van der Waals surface area (Å²) in [7, 11) is 1.86. The number of nitrogens with zero attached hydrogens (tertiary/aromatic N) is 2. The first-order chi connectivity index (χ1) is 8.28. The van der Waals surface area contributed by atoms with Gasteiger partial charge in [0.2, 0.25) is 0 Å². The van der Waals surface area contributed by atoms with Gasteiger partial charge in [0.15, 0.2) is 0 Å². The zero-order valence-corrected chi connectivity index (χ0v) is 11.8. The second-order valence-electron chi connectivity index (χ2n) is 3.35. The van der Waals surface area contributed by atoms with Crippen molar-refractivity contribution in [3.05, 3.63) is 46.8 Å². The number of thioether (sulfide) groups is 1. The van der Waals surface area contributed by atoms with Crippen LogP contribution in [0.2, 0.25) is 0 Å². The molecule has 0 saturated carbocycles. The predicted molar refractivity (Wildman–Crippen MR) is 75.3 cm³/mol. The van der Waals surface area contributed by atoms with E-state index in [0.29, 0.717) is 0 Å². The van der Waals surface area contributed by atoms with Gasteiger partial charge in [0.25, 0.3) is 0 Å². The lowest BCUT2D eigenvalue weighted by Crippen LogP contribution is -1.97. The van der Waals surface area contributed by atoms with Crippen LogP contribution in [-0.2, 0) is 5.75 Å². The van der Waals surface area contributed by atoms with Crippen LogP contribution in [0.25, 0.3) is 0 Å². The first kappa shape index (κ1) is 12.4. The Morgan fingerprint density at radius 2 is 2.00 bits per heavy atom. The lowest BCUT2D eigenvalue weighted by atomic mass is 10.4. The van der Waals surface area contributed by atoms with E-state index in [-0.39, 0.29) is 0 Å². The normalized spacial score (nSPS) is 10.2. The third kappa shape index (κ3) is 3.71. The topological polar surface area (TPSA) is 37.8 Å². The molecule has 1 N–H and O–H groups in total. The van der Waals surface area contributed by atoms with Crippen molar-refractivity contribution in [1.82, 2.24) is 9.97 Å². The van der Waals surface area contributed by atoms with Gasteiger partial charge in [0.05, 0.1) is 5.75 Å². The molecule has 0 fully saturated rings. The largest absolute Gasteiger partial charge is 0.373 e. The molecule has 0 aliphatic carbocycles.